The van der Waals surface area contributed by atoms with E-state index in [1.54, 1.807) is 12.1 Å². The monoisotopic (exact) mass is 228 g/mol. The first-order valence-electron chi connectivity index (χ1n) is 4.86. The lowest BCUT2D eigenvalue weighted by molar-refractivity contribution is 0.620. The Morgan fingerprint density at radius 2 is 2.06 bits per heavy atom. The highest BCUT2D eigenvalue weighted by Crippen LogP contribution is 2.25. The van der Waals surface area contributed by atoms with Gasteiger partial charge in [0.05, 0.1) is 0 Å². The summed E-state index contributed by atoms with van der Waals surface area (Å²) in [5.74, 6) is 0.581. The van der Waals surface area contributed by atoms with Gasteiger partial charge in [-0.15, -0.1) is 0 Å². The first kappa shape index (κ1) is 9.43. The molecular weight excluding hydrogens is 222 g/mol. The van der Waals surface area contributed by atoms with Crippen LogP contribution >= 0.6 is 11.6 Å². The minimum absolute atomic E-state index is 0.555. The van der Waals surface area contributed by atoms with Crippen molar-refractivity contribution in [1.82, 2.24) is 4.98 Å². The fraction of sp³-hybridized carbons (Fsp3) is 0. The van der Waals surface area contributed by atoms with Gasteiger partial charge < -0.3 is 4.42 Å². The molecule has 0 bridgehead atoms. The highest BCUT2D eigenvalue weighted by molar-refractivity contribution is 6.30. The summed E-state index contributed by atoms with van der Waals surface area (Å²) in [6.07, 6.45) is 0. The number of para-hydroxylation sites is 2. The maximum atomic E-state index is 5.87. The van der Waals surface area contributed by atoms with Crippen LogP contribution in [0.5, 0.6) is 0 Å². The van der Waals surface area contributed by atoms with Crippen LogP contribution in [0.1, 0.15) is 0 Å². The Morgan fingerprint density at radius 3 is 2.88 bits per heavy atom. The van der Waals surface area contributed by atoms with Crippen LogP contribution in [0, 0.1) is 6.07 Å². The number of hydrogen-bond donors (Lipinski definition) is 0. The van der Waals surface area contributed by atoms with Gasteiger partial charge in [-0.2, -0.15) is 0 Å². The average molecular weight is 229 g/mol. The Labute approximate surface area is 97.5 Å². The van der Waals surface area contributed by atoms with Gasteiger partial charge in [0, 0.05) is 16.7 Å². The van der Waals surface area contributed by atoms with Crippen molar-refractivity contribution in [1.29, 1.82) is 0 Å². The van der Waals surface area contributed by atoms with Crippen LogP contribution in [-0.4, -0.2) is 4.98 Å². The molecule has 1 radical (unpaired) electrons. The van der Waals surface area contributed by atoms with Gasteiger partial charge in [0.2, 0.25) is 5.89 Å². The number of oxazole rings is 1. The standard InChI is InChI=1S/C13H7ClNO/c14-10-5-3-4-9(8-10)13-15-11-6-1-2-7-12(11)16-13/h1-4,6-8H. The summed E-state index contributed by atoms with van der Waals surface area (Å²) in [5, 5.41) is 0.555. The van der Waals surface area contributed by atoms with E-state index in [1.807, 2.05) is 30.3 Å². The molecule has 0 spiro atoms. The predicted octanol–water partition coefficient (Wildman–Crippen LogP) is 3.95. The Bertz CT molecular complexity index is 612. The molecule has 0 amide bonds. The second-order valence-electron chi connectivity index (χ2n) is 3.41. The third-order valence-electron chi connectivity index (χ3n) is 2.31. The van der Waals surface area contributed by atoms with Gasteiger partial charge in [-0.25, -0.2) is 4.98 Å². The van der Waals surface area contributed by atoms with Crippen molar-refractivity contribution in [3.05, 3.63) is 53.6 Å². The minimum atomic E-state index is 0.555. The van der Waals surface area contributed by atoms with Crippen LogP contribution < -0.4 is 0 Å². The summed E-state index contributed by atoms with van der Waals surface area (Å²) in [5.41, 5.74) is 2.49. The van der Waals surface area contributed by atoms with E-state index >= 15 is 0 Å². The van der Waals surface area contributed by atoms with Gasteiger partial charge >= 0.3 is 0 Å². The molecule has 0 atom stereocenters. The maximum Gasteiger partial charge on any atom is 0.227 e. The summed E-state index contributed by atoms with van der Waals surface area (Å²) >= 11 is 5.87. The van der Waals surface area contributed by atoms with Crippen molar-refractivity contribution in [2.45, 2.75) is 0 Å². The molecule has 0 aliphatic rings. The number of hydrogen-bond acceptors (Lipinski definition) is 2. The molecular formula is C13H7ClNO. The average Bonchev–Trinajstić information content (AvgIpc) is 2.72. The van der Waals surface area contributed by atoms with Gasteiger partial charge in [0.1, 0.15) is 5.52 Å². The Morgan fingerprint density at radius 1 is 1.19 bits per heavy atom. The molecule has 3 rings (SSSR count). The highest BCUT2D eigenvalue weighted by Gasteiger charge is 2.07. The summed E-state index contributed by atoms with van der Waals surface area (Å²) < 4.78 is 5.63. The zero-order chi connectivity index (χ0) is 11.0. The molecule has 0 saturated carbocycles. The Balaban J connectivity index is 2.19. The van der Waals surface area contributed by atoms with Crippen molar-refractivity contribution < 1.29 is 4.42 Å². The van der Waals surface area contributed by atoms with Crippen molar-refractivity contribution in [3.8, 4) is 11.5 Å². The lowest BCUT2D eigenvalue weighted by atomic mass is 10.2. The van der Waals surface area contributed by atoms with Gasteiger partial charge in [-0.05, 0) is 24.3 Å². The topological polar surface area (TPSA) is 26.0 Å². The molecule has 16 heavy (non-hydrogen) atoms. The second kappa shape index (κ2) is 3.65. The van der Waals surface area contributed by atoms with Gasteiger partial charge in [0.15, 0.2) is 5.58 Å². The number of benzene rings is 2. The largest absolute Gasteiger partial charge is 0.436 e. The van der Waals surface area contributed by atoms with Crippen LogP contribution in [0.25, 0.3) is 22.6 Å². The number of halogens is 1. The zero-order valence-electron chi connectivity index (χ0n) is 8.27. The first-order valence-corrected chi connectivity index (χ1v) is 5.24. The number of rotatable bonds is 1. The molecule has 0 saturated heterocycles. The first-order chi connectivity index (χ1) is 7.83. The summed E-state index contributed by atoms with van der Waals surface area (Å²) in [7, 11) is 0. The molecule has 0 aliphatic heterocycles. The normalized spacial score (nSPS) is 10.8. The number of fused-ring (bicyclic) bond motifs is 1. The SMILES string of the molecule is Clc1[c]ccc(-c2nc3ccccc3o2)c1. The van der Waals surface area contributed by atoms with Crippen molar-refractivity contribution >= 4 is 22.7 Å². The van der Waals surface area contributed by atoms with E-state index in [2.05, 4.69) is 11.1 Å². The van der Waals surface area contributed by atoms with E-state index in [0.29, 0.717) is 10.9 Å². The van der Waals surface area contributed by atoms with Crippen LogP contribution in [0.15, 0.2) is 46.9 Å². The molecule has 2 aromatic carbocycles. The third kappa shape index (κ3) is 1.57. The second-order valence-corrected chi connectivity index (χ2v) is 3.82. The summed E-state index contributed by atoms with van der Waals surface area (Å²) in [6.45, 7) is 0. The highest BCUT2D eigenvalue weighted by atomic mass is 35.5. The van der Waals surface area contributed by atoms with E-state index < -0.39 is 0 Å². The maximum absolute atomic E-state index is 5.87. The third-order valence-corrected chi connectivity index (χ3v) is 2.53. The molecule has 0 N–H and O–H groups in total. The zero-order valence-corrected chi connectivity index (χ0v) is 9.03. The number of aromatic nitrogens is 1. The molecule has 77 valence electrons. The lowest BCUT2D eigenvalue weighted by Crippen LogP contribution is -1.76. The Kier molecular flexibility index (Phi) is 2.15. The van der Waals surface area contributed by atoms with E-state index in [-0.39, 0.29) is 0 Å². The van der Waals surface area contributed by atoms with E-state index in [4.69, 9.17) is 16.0 Å². The number of nitrogens with zero attached hydrogens (tertiary/aromatic N) is 1. The van der Waals surface area contributed by atoms with Crippen LogP contribution in [-0.2, 0) is 0 Å². The van der Waals surface area contributed by atoms with Gasteiger partial charge in [-0.3, -0.25) is 0 Å². The van der Waals surface area contributed by atoms with Crippen molar-refractivity contribution in [3.63, 3.8) is 0 Å². The van der Waals surface area contributed by atoms with Crippen LogP contribution in [0.4, 0.5) is 0 Å². The van der Waals surface area contributed by atoms with E-state index in [0.717, 1.165) is 16.7 Å². The molecule has 1 heterocycles. The predicted molar refractivity (Wildman–Crippen MR) is 63.3 cm³/mol. The van der Waals surface area contributed by atoms with Gasteiger partial charge in [-0.1, -0.05) is 29.8 Å². The Hall–Kier alpha value is -1.80. The fourth-order valence-corrected chi connectivity index (χ4v) is 1.75. The van der Waals surface area contributed by atoms with Crippen LogP contribution in [0.2, 0.25) is 5.02 Å². The summed E-state index contributed by atoms with van der Waals surface area (Å²) in [6, 6.07) is 15.9. The van der Waals surface area contributed by atoms with Crippen molar-refractivity contribution in [2.75, 3.05) is 0 Å². The van der Waals surface area contributed by atoms with E-state index in [9.17, 15) is 0 Å². The van der Waals surface area contributed by atoms with E-state index in [1.165, 1.54) is 0 Å². The smallest absolute Gasteiger partial charge is 0.227 e. The summed E-state index contributed by atoms with van der Waals surface area (Å²) in [4.78, 5) is 4.38. The molecule has 0 unspecified atom stereocenters. The lowest BCUT2D eigenvalue weighted by Gasteiger charge is -1.94. The van der Waals surface area contributed by atoms with Crippen molar-refractivity contribution in [2.24, 2.45) is 0 Å². The minimum Gasteiger partial charge on any atom is -0.436 e. The molecule has 2 nitrogen and oxygen atoms in total. The molecule has 1 aromatic heterocycles. The van der Waals surface area contributed by atoms with Crippen LogP contribution in [0.3, 0.4) is 0 Å². The molecule has 0 aliphatic carbocycles. The molecule has 3 aromatic rings. The van der Waals surface area contributed by atoms with Gasteiger partial charge in [0.25, 0.3) is 0 Å². The molecule has 0 fully saturated rings. The fourth-order valence-electron chi connectivity index (χ4n) is 1.57. The quantitative estimate of drug-likeness (QED) is 0.630. The molecule has 3 heteroatoms.